The highest BCUT2D eigenvalue weighted by molar-refractivity contribution is 5.99. The Kier molecular flexibility index (Phi) is 4.16. The number of benzene rings is 2. The first-order valence-electron chi connectivity index (χ1n) is 6.78. The standard InChI is InChI=1S/C18H20O/c1-13(2)12-18(19)17-11-7-10-16(14(17)3)15-8-5-4-6-9-15/h4-11,13H,12H2,1-3H3. The highest BCUT2D eigenvalue weighted by Crippen LogP contribution is 2.26. The highest BCUT2D eigenvalue weighted by atomic mass is 16.1. The molecule has 1 heteroatoms. The van der Waals surface area contributed by atoms with Crippen molar-refractivity contribution in [1.29, 1.82) is 0 Å². The van der Waals surface area contributed by atoms with Gasteiger partial charge in [0.05, 0.1) is 0 Å². The van der Waals surface area contributed by atoms with Gasteiger partial charge in [0, 0.05) is 12.0 Å². The molecule has 19 heavy (non-hydrogen) atoms. The lowest BCUT2D eigenvalue weighted by atomic mass is 9.92. The fourth-order valence-electron chi connectivity index (χ4n) is 2.35. The predicted molar refractivity (Wildman–Crippen MR) is 80.4 cm³/mol. The van der Waals surface area contributed by atoms with Gasteiger partial charge in [0.25, 0.3) is 0 Å². The summed E-state index contributed by atoms with van der Waals surface area (Å²) in [5.41, 5.74) is 4.25. The Morgan fingerprint density at radius 3 is 2.32 bits per heavy atom. The molecular weight excluding hydrogens is 232 g/mol. The number of hydrogen-bond acceptors (Lipinski definition) is 1. The van der Waals surface area contributed by atoms with Crippen molar-refractivity contribution < 1.29 is 4.79 Å². The maximum absolute atomic E-state index is 12.3. The number of carbonyl (C=O) groups excluding carboxylic acids is 1. The summed E-state index contributed by atoms with van der Waals surface area (Å²) in [6.07, 6.45) is 0.610. The van der Waals surface area contributed by atoms with E-state index in [0.29, 0.717) is 12.3 Å². The van der Waals surface area contributed by atoms with Crippen molar-refractivity contribution in [1.82, 2.24) is 0 Å². The molecule has 98 valence electrons. The average Bonchev–Trinajstić information content (AvgIpc) is 2.39. The largest absolute Gasteiger partial charge is 0.294 e. The van der Waals surface area contributed by atoms with Crippen LogP contribution in [0.4, 0.5) is 0 Å². The van der Waals surface area contributed by atoms with Crippen LogP contribution in [0.2, 0.25) is 0 Å². The molecule has 0 heterocycles. The minimum Gasteiger partial charge on any atom is -0.294 e. The van der Waals surface area contributed by atoms with Gasteiger partial charge in [-0.2, -0.15) is 0 Å². The summed E-state index contributed by atoms with van der Waals surface area (Å²) in [5.74, 6) is 0.637. The monoisotopic (exact) mass is 252 g/mol. The summed E-state index contributed by atoms with van der Waals surface area (Å²) in [5, 5.41) is 0. The van der Waals surface area contributed by atoms with Gasteiger partial charge in [-0.05, 0) is 29.5 Å². The molecule has 0 aromatic heterocycles. The lowest BCUT2D eigenvalue weighted by Gasteiger charge is -2.12. The van der Waals surface area contributed by atoms with Crippen molar-refractivity contribution in [2.75, 3.05) is 0 Å². The van der Waals surface area contributed by atoms with E-state index < -0.39 is 0 Å². The molecule has 0 radical (unpaired) electrons. The van der Waals surface area contributed by atoms with E-state index in [1.165, 1.54) is 5.56 Å². The molecule has 0 aliphatic rings. The van der Waals surface area contributed by atoms with E-state index in [1.54, 1.807) is 0 Å². The van der Waals surface area contributed by atoms with Crippen LogP contribution in [0, 0.1) is 12.8 Å². The number of carbonyl (C=O) groups is 1. The third-order valence-electron chi connectivity index (χ3n) is 3.31. The quantitative estimate of drug-likeness (QED) is 0.708. The molecule has 2 rings (SSSR count). The third-order valence-corrected chi connectivity index (χ3v) is 3.31. The van der Waals surface area contributed by atoms with E-state index in [9.17, 15) is 4.79 Å². The van der Waals surface area contributed by atoms with Crippen molar-refractivity contribution >= 4 is 5.78 Å². The Bertz CT molecular complexity index is 567. The molecule has 0 bridgehead atoms. The second-order valence-corrected chi connectivity index (χ2v) is 5.37. The first-order chi connectivity index (χ1) is 9.09. The number of ketones is 1. The summed E-state index contributed by atoms with van der Waals surface area (Å²) < 4.78 is 0. The van der Waals surface area contributed by atoms with Crippen molar-refractivity contribution in [3.8, 4) is 11.1 Å². The molecule has 1 nitrogen and oxygen atoms in total. The van der Waals surface area contributed by atoms with Crippen molar-refractivity contribution in [2.45, 2.75) is 27.2 Å². The Labute approximate surface area is 115 Å². The van der Waals surface area contributed by atoms with Crippen molar-refractivity contribution in [2.24, 2.45) is 5.92 Å². The van der Waals surface area contributed by atoms with E-state index in [4.69, 9.17) is 0 Å². The molecule has 0 fully saturated rings. The Morgan fingerprint density at radius 2 is 1.68 bits per heavy atom. The SMILES string of the molecule is Cc1c(C(=O)CC(C)C)cccc1-c1ccccc1. The smallest absolute Gasteiger partial charge is 0.163 e. The minimum absolute atomic E-state index is 0.241. The van der Waals surface area contributed by atoms with Crippen molar-refractivity contribution in [3.63, 3.8) is 0 Å². The molecule has 0 saturated heterocycles. The van der Waals surface area contributed by atoms with Crippen LogP contribution in [0.3, 0.4) is 0 Å². The molecular formula is C18H20O. The maximum atomic E-state index is 12.3. The van der Waals surface area contributed by atoms with E-state index in [-0.39, 0.29) is 5.78 Å². The van der Waals surface area contributed by atoms with Gasteiger partial charge in [-0.15, -0.1) is 0 Å². The van der Waals surface area contributed by atoms with E-state index >= 15 is 0 Å². The number of rotatable bonds is 4. The lowest BCUT2D eigenvalue weighted by Crippen LogP contribution is -2.06. The molecule has 0 N–H and O–H groups in total. The van der Waals surface area contributed by atoms with Gasteiger partial charge in [0.1, 0.15) is 0 Å². The zero-order chi connectivity index (χ0) is 13.8. The molecule has 2 aromatic carbocycles. The topological polar surface area (TPSA) is 17.1 Å². The van der Waals surface area contributed by atoms with Crippen LogP contribution in [0.15, 0.2) is 48.5 Å². The first kappa shape index (κ1) is 13.5. The van der Waals surface area contributed by atoms with Crippen LogP contribution in [0.25, 0.3) is 11.1 Å². The van der Waals surface area contributed by atoms with Gasteiger partial charge >= 0.3 is 0 Å². The number of Topliss-reactive ketones (excluding diaryl/α,β-unsaturated/α-hetero) is 1. The van der Waals surface area contributed by atoms with Gasteiger partial charge in [0.2, 0.25) is 0 Å². The Morgan fingerprint density at radius 1 is 1.00 bits per heavy atom. The maximum Gasteiger partial charge on any atom is 0.163 e. The predicted octanol–water partition coefficient (Wildman–Crippen LogP) is 4.89. The van der Waals surface area contributed by atoms with Crippen LogP contribution < -0.4 is 0 Å². The summed E-state index contributed by atoms with van der Waals surface area (Å²) in [6, 6.07) is 16.2. The van der Waals surface area contributed by atoms with Crippen LogP contribution in [-0.4, -0.2) is 5.78 Å². The Hall–Kier alpha value is -1.89. The van der Waals surface area contributed by atoms with Crippen molar-refractivity contribution in [3.05, 3.63) is 59.7 Å². The van der Waals surface area contributed by atoms with Gasteiger partial charge in [0.15, 0.2) is 5.78 Å². The number of hydrogen-bond donors (Lipinski definition) is 0. The van der Waals surface area contributed by atoms with E-state index in [2.05, 4.69) is 32.0 Å². The van der Waals surface area contributed by atoms with Gasteiger partial charge in [-0.25, -0.2) is 0 Å². The van der Waals surface area contributed by atoms with Gasteiger partial charge in [-0.3, -0.25) is 4.79 Å². The fraction of sp³-hybridized carbons (Fsp3) is 0.278. The normalized spacial score (nSPS) is 10.7. The summed E-state index contributed by atoms with van der Waals surface area (Å²) in [7, 11) is 0. The molecule has 0 atom stereocenters. The summed E-state index contributed by atoms with van der Waals surface area (Å²) in [4.78, 5) is 12.3. The highest BCUT2D eigenvalue weighted by Gasteiger charge is 2.13. The second kappa shape index (κ2) is 5.83. The van der Waals surface area contributed by atoms with Crippen LogP contribution in [-0.2, 0) is 0 Å². The van der Waals surface area contributed by atoms with Crippen LogP contribution >= 0.6 is 0 Å². The average molecular weight is 252 g/mol. The van der Waals surface area contributed by atoms with Crippen LogP contribution in [0.5, 0.6) is 0 Å². The van der Waals surface area contributed by atoms with E-state index in [1.807, 2.05) is 37.3 Å². The third kappa shape index (κ3) is 3.11. The van der Waals surface area contributed by atoms with Gasteiger partial charge in [-0.1, -0.05) is 62.4 Å². The summed E-state index contributed by atoms with van der Waals surface area (Å²) in [6.45, 7) is 6.19. The zero-order valence-corrected chi connectivity index (χ0v) is 11.8. The minimum atomic E-state index is 0.241. The van der Waals surface area contributed by atoms with Crippen LogP contribution in [0.1, 0.15) is 36.2 Å². The lowest BCUT2D eigenvalue weighted by molar-refractivity contribution is 0.0967. The molecule has 0 saturated carbocycles. The first-order valence-corrected chi connectivity index (χ1v) is 6.78. The molecule has 0 aliphatic heterocycles. The second-order valence-electron chi connectivity index (χ2n) is 5.37. The molecule has 0 amide bonds. The molecule has 0 aliphatic carbocycles. The molecule has 0 unspecified atom stereocenters. The fourth-order valence-corrected chi connectivity index (χ4v) is 2.35. The summed E-state index contributed by atoms with van der Waals surface area (Å²) >= 11 is 0. The Balaban J connectivity index is 2.42. The molecule has 0 spiro atoms. The van der Waals surface area contributed by atoms with E-state index in [0.717, 1.165) is 16.7 Å². The molecule has 2 aromatic rings. The van der Waals surface area contributed by atoms with Gasteiger partial charge < -0.3 is 0 Å². The zero-order valence-electron chi connectivity index (χ0n) is 11.8.